The molecule has 2 aromatic rings. The van der Waals surface area contributed by atoms with Crippen molar-refractivity contribution in [3.8, 4) is 6.07 Å². The second kappa shape index (κ2) is 5.80. The molecule has 1 aromatic carbocycles. The highest BCUT2D eigenvalue weighted by atomic mass is 15.3. The van der Waals surface area contributed by atoms with Crippen LogP contribution in [0.15, 0.2) is 36.7 Å². The maximum Gasteiger partial charge on any atom is 0.183 e. The molecule has 1 fully saturated rings. The lowest BCUT2D eigenvalue weighted by atomic mass is 10.2. The molecule has 3 rings (SSSR count). The van der Waals surface area contributed by atoms with Crippen LogP contribution in [0.4, 0.5) is 11.5 Å². The molecule has 0 atom stereocenters. The summed E-state index contributed by atoms with van der Waals surface area (Å²) in [6.07, 6.45) is 3.20. The Morgan fingerprint density at radius 1 is 1.05 bits per heavy atom. The van der Waals surface area contributed by atoms with E-state index in [-0.39, 0.29) is 0 Å². The number of hydrogen-bond acceptors (Lipinski definition) is 5. The van der Waals surface area contributed by atoms with Crippen LogP contribution in [0.25, 0.3) is 0 Å². The summed E-state index contributed by atoms with van der Waals surface area (Å²) < 4.78 is 0. The van der Waals surface area contributed by atoms with Crippen LogP contribution in [0.2, 0.25) is 0 Å². The smallest absolute Gasteiger partial charge is 0.183 e. The minimum atomic E-state index is 0.404. The normalized spacial score (nSPS) is 14.9. The van der Waals surface area contributed by atoms with E-state index < -0.39 is 0 Å². The molecule has 5 nitrogen and oxygen atoms in total. The van der Waals surface area contributed by atoms with Gasteiger partial charge in [0.05, 0.1) is 0 Å². The van der Waals surface area contributed by atoms with Crippen LogP contribution in [0, 0.1) is 18.3 Å². The van der Waals surface area contributed by atoms with Gasteiger partial charge < -0.3 is 9.80 Å². The van der Waals surface area contributed by atoms with E-state index in [1.165, 1.54) is 11.3 Å². The topological polar surface area (TPSA) is 56.1 Å². The predicted octanol–water partition coefficient (Wildman–Crippen LogP) is 1.98. The Hall–Kier alpha value is -2.61. The lowest BCUT2D eigenvalue weighted by Gasteiger charge is -2.36. The van der Waals surface area contributed by atoms with Crippen molar-refractivity contribution < 1.29 is 0 Å². The molecule has 2 heterocycles. The quantitative estimate of drug-likeness (QED) is 0.841. The van der Waals surface area contributed by atoms with Crippen LogP contribution in [0.1, 0.15) is 11.3 Å². The highest BCUT2D eigenvalue weighted by Crippen LogP contribution is 2.21. The summed E-state index contributed by atoms with van der Waals surface area (Å²) in [5, 5.41) is 9.12. The fourth-order valence-electron chi connectivity index (χ4n) is 2.64. The van der Waals surface area contributed by atoms with E-state index in [2.05, 4.69) is 57.0 Å². The van der Waals surface area contributed by atoms with E-state index in [4.69, 9.17) is 5.26 Å². The van der Waals surface area contributed by atoms with Gasteiger partial charge in [-0.15, -0.1) is 0 Å². The number of piperazine rings is 1. The molecule has 1 saturated heterocycles. The molecule has 0 saturated carbocycles. The fourth-order valence-corrected chi connectivity index (χ4v) is 2.64. The third-order valence-electron chi connectivity index (χ3n) is 3.73. The van der Waals surface area contributed by atoms with Gasteiger partial charge in [-0.2, -0.15) is 5.26 Å². The van der Waals surface area contributed by atoms with Gasteiger partial charge in [0.1, 0.15) is 6.07 Å². The van der Waals surface area contributed by atoms with Crippen LogP contribution in [-0.4, -0.2) is 36.1 Å². The molecule has 106 valence electrons. The minimum absolute atomic E-state index is 0.404. The van der Waals surface area contributed by atoms with Crippen LogP contribution < -0.4 is 9.80 Å². The molecular weight excluding hydrogens is 262 g/mol. The summed E-state index contributed by atoms with van der Waals surface area (Å²) in [6, 6.07) is 10.7. The minimum Gasteiger partial charge on any atom is -0.368 e. The Bertz CT molecular complexity index is 668. The molecule has 1 aromatic heterocycles. The number of anilines is 2. The van der Waals surface area contributed by atoms with Gasteiger partial charge in [0.25, 0.3) is 0 Å². The Morgan fingerprint density at radius 3 is 2.48 bits per heavy atom. The molecule has 1 aliphatic heterocycles. The molecular formula is C16H17N5. The number of aryl methyl sites for hydroxylation is 1. The molecule has 0 N–H and O–H groups in total. The van der Waals surface area contributed by atoms with E-state index in [1.54, 1.807) is 12.4 Å². The standard InChI is InChI=1S/C16H17N5/c1-13-3-2-4-14(11-13)20-7-9-21(10-8-20)16-15(12-17)18-5-6-19-16/h2-6,11H,7-10H2,1H3. The van der Waals surface area contributed by atoms with Gasteiger partial charge in [-0.3, -0.25) is 0 Å². The number of benzene rings is 1. The largest absolute Gasteiger partial charge is 0.368 e. The number of hydrogen-bond donors (Lipinski definition) is 0. The van der Waals surface area contributed by atoms with Gasteiger partial charge in [-0.05, 0) is 24.6 Å². The van der Waals surface area contributed by atoms with Crippen LogP contribution in [0.3, 0.4) is 0 Å². The molecule has 0 aliphatic carbocycles. The van der Waals surface area contributed by atoms with E-state index in [0.29, 0.717) is 11.5 Å². The molecule has 5 heteroatoms. The average molecular weight is 279 g/mol. The SMILES string of the molecule is Cc1cccc(N2CCN(c3nccnc3C#N)CC2)c1. The zero-order valence-corrected chi connectivity index (χ0v) is 12.0. The second-order valence-corrected chi connectivity index (χ2v) is 5.15. The highest BCUT2D eigenvalue weighted by Gasteiger charge is 2.20. The van der Waals surface area contributed by atoms with Crippen molar-refractivity contribution >= 4 is 11.5 Å². The molecule has 0 unspecified atom stereocenters. The Labute approximate surface area is 124 Å². The summed E-state index contributed by atoms with van der Waals surface area (Å²) in [5.74, 6) is 0.698. The van der Waals surface area contributed by atoms with Crippen molar-refractivity contribution in [2.45, 2.75) is 6.92 Å². The summed E-state index contributed by atoms with van der Waals surface area (Å²) in [7, 11) is 0. The van der Waals surface area contributed by atoms with Gasteiger partial charge in [0, 0.05) is 44.3 Å². The first-order chi connectivity index (χ1) is 10.3. The Balaban J connectivity index is 1.72. The molecule has 1 aliphatic rings. The number of nitriles is 1. The van der Waals surface area contributed by atoms with Gasteiger partial charge in [-0.1, -0.05) is 12.1 Å². The fraction of sp³-hybridized carbons (Fsp3) is 0.312. The Morgan fingerprint density at radius 2 is 1.76 bits per heavy atom. The summed E-state index contributed by atoms with van der Waals surface area (Å²) in [6.45, 7) is 5.65. The molecule has 0 spiro atoms. The van der Waals surface area contributed by atoms with Gasteiger partial charge in [0.15, 0.2) is 11.5 Å². The number of nitrogens with zero attached hydrogens (tertiary/aromatic N) is 5. The van der Waals surface area contributed by atoms with Crippen molar-refractivity contribution in [3.63, 3.8) is 0 Å². The summed E-state index contributed by atoms with van der Waals surface area (Å²) in [4.78, 5) is 12.9. The maximum atomic E-state index is 9.12. The first-order valence-electron chi connectivity index (χ1n) is 7.05. The maximum absolute atomic E-state index is 9.12. The first-order valence-corrected chi connectivity index (χ1v) is 7.05. The van der Waals surface area contributed by atoms with Crippen molar-refractivity contribution in [3.05, 3.63) is 47.9 Å². The van der Waals surface area contributed by atoms with Crippen LogP contribution in [-0.2, 0) is 0 Å². The van der Waals surface area contributed by atoms with E-state index in [9.17, 15) is 0 Å². The second-order valence-electron chi connectivity index (χ2n) is 5.15. The first kappa shape index (κ1) is 13.4. The monoisotopic (exact) mass is 279 g/mol. The number of aromatic nitrogens is 2. The zero-order chi connectivity index (χ0) is 14.7. The van der Waals surface area contributed by atoms with Crippen LogP contribution in [0.5, 0.6) is 0 Å². The van der Waals surface area contributed by atoms with Crippen LogP contribution >= 0.6 is 0 Å². The molecule has 0 amide bonds. The molecule has 0 bridgehead atoms. The third kappa shape index (κ3) is 2.79. The lowest BCUT2D eigenvalue weighted by Crippen LogP contribution is -2.47. The third-order valence-corrected chi connectivity index (χ3v) is 3.73. The van der Waals surface area contributed by atoms with E-state index in [0.717, 1.165) is 26.2 Å². The Kier molecular flexibility index (Phi) is 3.69. The van der Waals surface area contributed by atoms with Crippen molar-refractivity contribution in [2.75, 3.05) is 36.0 Å². The van der Waals surface area contributed by atoms with E-state index in [1.807, 2.05) is 0 Å². The number of rotatable bonds is 2. The predicted molar refractivity (Wildman–Crippen MR) is 82.4 cm³/mol. The lowest BCUT2D eigenvalue weighted by molar-refractivity contribution is 0.645. The summed E-state index contributed by atoms with van der Waals surface area (Å²) in [5.41, 5.74) is 2.94. The van der Waals surface area contributed by atoms with Crippen molar-refractivity contribution in [1.29, 1.82) is 5.26 Å². The highest BCUT2D eigenvalue weighted by molar-refractivity contribution is 5.53. The average Bonchev–Trinajstić information content (AvgIpc) is 2.55. The van der Waals surface area contributed by atoms with Gasteiger partial charge in [0.2, 0.25) is 0 Å². The van der Waals surface area contributed by atoms with Crippen molar-refractivity contribution in [1.82, 2.24) is 9.97 Å². The summed E-state index contributed by atoms with van der Waals surface area (Å²) >= 11 is 0. The van der Waals surface area contributed by atoms with E-state index >= 15 is 0 Å². The molecule has 21 heavy (non-hydrogen) atoms. The zero-order valence-electron chi connectivity index (χ0n) is 12.0. The van der Waals surface area contributed by atoms with Crippen molar-refractivity contribution in [2.24, 2.45) is 0 Å². The van der Waals surface area contributed by atoms with Gasteiger partial charge in [-0.25, -0.2) is 9.97 Å². The van der Waals surface area contributed by atoms with Gasteiger partial charge >= 0.3 is 0 Å². The molecule has 0 radical (unpaired) electrons.